The number of benzene rings is 1. The van der Waals surface area contributed by atoms with E-state index < -0.39 is 0 Å². The van der Waals surface area contributed by atoms with Crippen LogP contribution in [0.2, 0.25) is 0 Å². The van der Waals surface area contributed by atoms with Crippen molar-refractivity contribution in [2.75, 3.05) is 17.7 Å². The maximum atomic E-state index is 13.1. The van der Waals surface area contributed by atoms with Crippen LogP contribution in [0.15, 0.2) is 68.5 Å². The van der Waals surface area contributed by atoms with E-state index in [9.17, 15) is 9.59 Å². The van der Waals surface area contributed by atoms with Crippen LogP contribution in [0, 0.1) is 0 Å². The van der Waals surface area contributed by atoms with Crippen LogP contribution in [0.5, 0.6) is 5.75 Å². The zero-order chi connectivity index (χ0) is 22.8. The zero-order valence-corrected chi connectivity index (χ0v) is 19.2. The number of rotatable bonds is 8. The van der Waals surface area contributed by atoms with Gasteiger partial charge in [0.15, 0.2) is 5.16 Å². The first-order valence-corrected chi connectivity index (χ1v) is 12.0. The zero-order valence-electron chi connectivity index (χ0n) is 17.6. The van der Waals surface area contributed by atoms with Crippen molar-refractivity contribution in [3.8, 4) is 5.75 Å². The van der Waals surface area contributed by atoms with E-state index in [2.05, 4.69) is 15.5 Å². The lowest BCUT2D eigenvalue weighted by molar-refractivity contribution is -0.113. The summed E-state index contributed by atoms with van der Waals surface area (Å²) >= 11 is 2.60. The van der Waals surface area contributed by atoms with Crippen molar-refractivity contribution in [2.24, 2.45) is 0 Å². The monoisotopic (exact) mass is 481 g/mol. The maximum Gasteiger partial charge on any atom is 0.273 e. The summed E-state index contributed by atoms with van der Waals surface area (Å²) in [5.74, 6) is 1.57. The fourth-order valence-corrected chi connectivity index (χ4v) is 5.03. The third kappa shape index (κ3) is 4.12. The van der Waals surface area contributed by atoms with Gasteiger partial charge in [0.25, 0.3) is 5.56 Å². The standard InChI is InChI=1S/C22H19N5O4S2/c1-2-30-17-8-4-3-7-15(17)23-18(28)13-33-22-25-24-21-26(12-14-6-5-10-31-14)20(29)19-16(27(21)22)9-11-32-19/h3-11H,2,12-13H2,1H3,(H,23,28). The summed E-state index contributed by atoms with van der Waals surface area (Å²) in [5, 5.41) is 13.8. The lowest BCUT2D eigenvalue weighted by Crippen LogP contribution is -2.23. The number of thioether (sulfide) groups is 1. The molecule has 1 amide bonds. The summed E-state index contributed by atoms with van der Waals surface area (Å²) in [5.41, 5.74) is 1.17. The number of ether oxygens (including phenoxy) is 1. The highest BCUT2D eigenvalue weighted by Crippen LogP contribution is 2.26. The first kappa shape index (κ1) is 21.3. The van der Waals surface area contributed by atoms with E-state index in [1.54, 1.807) is 24.5 Å². The lowest BCUT2D eigenvalue weighted by atomic mass is 10.3. The highest BCUT2D eigenvalue weighted by molar-refractivity contribution is 7.99. The van der Waals surface area contributed by atoms with Gasteiger partial charge in [-0.25, -0.2) is 0 Å². The van der Waals surface area contributed by atoms with Crippen LogP contribution in [0.25, 0.3) is 16.0 Å². The molecule has 0 aliphatic rings. The highest BCUT2D eigenvalue weighted by Gasteiger charge is 2.19. The molecule has 5 rings (SSSR count). The van der Waals surface area contributed by atoms with Gasteiger partial charge in [-0.2, -0.15) is 0 Å². The molecule has 0 aliphatic heterocycles. The largest absolute Gasteiger partial charge is 0.492 e. The molecule has 0 atom stereocenters. The van der Waals surface area contributed by atoms with Crippen molar-refractivity contribution in [3.05, 3.63) is 70.2 Å². The van der Waals surface area contributed by atoms with Crippen molar-refractivity contribution in [1.82, 2.24) is 19.2 Å². The van der Waals surface area contributed by atoms with E-state index in [1.807, 2.05) is 41.0 Å². The van der Waals surface area contributed by atoms with Gasteiger partial charge in [-0.05, 0) is 42.6 Å². The molecule has 33 heavy (non-hydrogen) atoms. The van der Waals surface area contributed by atoms with E-state index in [1.165, 1.54) is 27.7 Å². The van der Waals surface area contributed by atoms with Crippen molar-refractivity contribution in [2.45, 2.75) is 18.6 Å². The van der Waals surface area contributed by atoms with Crippen LogP contribution in [0.4, 0.5) is 5.69 Å². The number of hydrogen-bond donors (Lipinski definition) is 1. The van der Waals surface area contributed by atoms with Crippen LogP contribution in [-0.4, -0.2) is 37.4 Å². The molecular formula is C22H19N5O4S2. The second-order valence-electron chi connectivity index (χ2n) is 6.99. The molecular weight excluding hydrogens is 462 g/mol. The van der Waals surface area contributed by atoms with Crippen LogP contribution >= 0.6 is 23.1 Å². The Hall–Kier alpha value is -3.57. The van der Waals surface area contributed by atoms with Crippen LogP contribution in [-0.2, 0) is 11.3 Å². The normalized spacial score (nSPS) is 11.3. The molecule has 9 nitrogen and oxygen atoms in total. The van der Waals surface area contributed by atoms with Crippen LogP contribution < -0.4 is 15.6 Å². The Kier molecular flexibility index (Phi) is 5.88. The average Bonchev–Trinajstić information content (AvgIpc) is 3.57. The molecule has 1 N–H and O–H groups in total. The number of amides is 1. The van der Waals surface area contributed by atoms with Gasteiger partial charge in [-0.3, -0.25) is 18.6 Å². The minimum atomic E-state index is -0.200. The van der Waals surface area contributed by atoms with E-state index >= 15 is 0 Å². The number of nitrogens with one attached hydrogen (secondary N) is 1. The number of thiophene rings is 1. The molecule has 168 valence electrons. The number of carbonyl (C=O) groups is 1. The van der Waals surface area contributed by atoms with Gasteiger partial charge in [0.05, 0.1) is 36.4 Å². The predicted octanol–water partition coefficient (Wildman–Crippen LogP) is 3.88. The minimum Gasteiger partial charge on any atom is -0.492 e. The van der Waals surface area contributed by atoms with Gasteiger partial charge >= 0.3 is 0 Å². The van der Waals surface area contributed by atoms with Crippen molar-refractivity contribution in [3.63, 3.8) is 0 Å². The summed E-state index contributed by atoms with van der Waals surface area (Å²) < 4.78 is 14.9. The summed E-state index contributed by atoms with van der Waals surface area (Å²) in [6.45, 7) is 2.63. The molecule has 5 aromatic rings. The van der Waals surface area contributed by atoms with E-state index in [0.29, 0.717) is 45.0 Å². The van der Waals surface area contributed by atoms with E-state index in [-0.39, 0.29) is 23.8 Å². The average molecular weight is 482 g/mol. The first-order valence-electron chi connectivity index (χ1n) is 10.2. The smallest absolute Gasteiger partial charge is 0.273 e. The van der Waals surface area contributed by atoms with Gasteiger partial charge in [0, 0.05) is 0 Å². The van der Waals surface area contributed by atoms with Gasteiger partial charge in [-0.15, -0.1) is 21.5 Å². The minimum absolute atomic E-state index is 0.115. The molecule has 4 heterocycles. The first-order chi connectivity index (χ1) is 16.2. The van der Waals surface area contributed by atoms with Gasteiger partial charge < -0.3 is 14.5 Å². The van der Waals surface area contributed by atoms with Gasteiger partial charge in [0.1, 0.15) is 16.2 Å². The summed E-state index contributed by atoms with van der Waals surface area (Å²) in [7, 11) is 0. The number of nitrogens with zero attached hydrogens (tertiary/aromatic N) is 4. The van der Waals surface area contributed by atoms with E-state index in [4.69, 9.17) is 9.15 Å². The summed E-state index contributed by atoms with van der Waals surface area (Å²) in [6, 6.07) is 12.7. The van der Waals surface area contributed by atoms with Crippen LogP contribution in [0.3, 0.4) is 0 Å². The predicted molar refractivity (Wildman–Crippen MR) is 127 cm³/mol. The summed E-state index contributed by atoms with van der Waals surface area (Å²) in [4.78, 5) is 25.7. The Bertz CT molecular complexity index is 1490. The second kappa shape index (κ2) is 9.12. The number of aromatic nitrogens is 4. The van der Waals surface area contributed by atoms with Gasteiger partial charge in [-0.1, -0.05) is 23.9 Å². The number of carbonyl (C=O) groups excluding carboxylic acids is 1. The maximum absolute atomic E-state index is 13.1. The third-order valence-corrected chi connectivity index (χ3v) is 6.69. The SMILES string of the molecule is CCOc1ccccc1NC(=O)CSc1nnc2n(Cc3ccco3)c(=O)c3sccc3n12. The highest BCUT2D eigenvalue weighted by atomic mass is 32.2. The lowest BCUT2D eigenvalue weighted by Gasteiger charge is -2.11. The molecule has 0 aliphatic carbocycles. The molecule has 0 fully saturated rings. The number of hydrogen-bond acceptors (Lipinski definition) is 8. The fourth-order valence-electron chi connectivity index (χ4n) is 3.46. The molecule has 11 heteroatoms. The second-order valence-corrected chi connectivity index (χ2v) is 8.85. The topological polar surface area (TPSA) is 104 Å². The number of para-hydroxylation sites is 2. The van der Waals surface area contributed by atoms with E-state index in [0.717, 1.165) is 0 Å². The molecule has 0 unspecified atom stereocenters. The van der Waals surface area contributed by atoms with Crippen molar-refractivity contribution < 1.29 is 13.9 Å². The Labute approximate surface area is 196 Å². The Morgan fingerprint density at radius 3 is 2.91 bits per heavy atom. The number of furan rings is 1. The molecule has 1 aromatic carbocycles. The fraction of sp³-hybridized carbons (Fsp3) is 0.182. The molecule has 4 aromatic heterocycles. The van der Waals surface area contributed by atoms with Gasteiger partial charge in [0.2, 0.25) is 11.7 Å². The molecule has 0 spiro atoms. The third-order valence-electron chi connectivity index (χ3n) is 4.87. The van der Waals surface area contributed by atoms with Crippen LogP contribution in [0.1, 0.15) is 12.7 Å². The Morgan fingerprint density at radius 2 is 2.09 bits per heavy atom. The number of anilines is 1. The molecule has 0 bridgehead atoms. The molecule has 0 saturated heterocycles. The summed E-state index contributed by atoms with van der Waals surface area (Å²) in [6.07, 6.45) is 1.56. The Morgan fingerprint density at radius 1 is 1.21 bits per heavy atom. The van der Waals surface area contributed by atoms with Crippen molar-refractivity contribution in [1.29, 1.82) is 0 Å². The Balaban J connectivity index is 1.43. The molecule has 0 radical (unpaired) electrons. The van der Waals surface area contributed by atoms with Crippen molar-refractivity contribution >= 4 is 50.7 Å². The molecule has 0 saturated carbocycles. The quantitative estimate of drug-likeness (QED) is 0.336. The number of fused-ring (bicyclic) bond motifs is 3.